The molecule has 0 bridgehead atoms. The average molecular weight is 419 g/mol. The highest BCUT2D eigenvalue weighted by Gasteiger charge is 2.62. The maximum absolute atomic E-state index is 12.3. The lowest BCUT2D eigenvalue weighted by Gasteiger charge is -2.55. The smallest absolute Gasteiger partial charge is 0.371 e. The van der Waals surface area contributed by atoms with Gasteiger partial charge in [0.05, 0.1) is 6.10 Å². The molecule has 0 radical (unpaired) electrons. The van der Waals surface area contributed by atoms with Crippen LogP contribution in [-0.2, 0) is 14.4 Å². The van der Waals surface area contributed by atoms with E-state index < -0.39 is 36.6 Å². The molecule has 30 heavy (non-hydrogen) atoms. The van der Waals surface area contributed by atoms with Crippen LogP contribution in [0.25, 0.3) is 0 Å². The molecule has 4 aliphatic carbocycles. The van der Waals surface area contributed by atoms with Gasteiger partial charge in [-0.1, -0.05) is 5.57 Å². The Kier molecular flexibility index (Phi) is 5.57. The second-order valence-electron chi connectivity index (χ2n) is 9.43. The number of hydroxylamine groups is 1. The lowest BCUT2D eigenvalue weighted by atomic mass is 9.50. The van der Waals surface area contributed by atoms with Crippen LogP contribution >= 0.6 is 0 Å². The zero-order valence-corrected chi connectivity index (χ0v) is 16.9. The number of carbonyl (C=O) groups excluding carboxylic acids is 2. The number of carboxylic acid groups (broad SMARTS) is 1. The number of aliphatic carboxylic acids is 1. The van der Waals surface area contributed by atoms with Gasteiger partial charge in [0.1, 0.15) is 12.9 Å². The van der Waals surface area contributed by atoms with E-state index in [9.17, 15) is 29.8 Å². The summed E-state index contributed by atoms with van der Waals surface area (Å²) in [4.78, 5) is 35.4. The highest BCUT2D eigenvalue weighted by Crippen LogP contribution is 2.63. The number of allylic oxidation sites excluding steroid dienone is 2. The van der Waals surface area contributed by atoms with E-state index in [4.69, 9.17) is 5.11 Å². The highest BCUT2D eigenvalue weighted by atomic mass is 16.5. The molecule has 0 aromatic rings. The predicted octanol–water partition coefficient (Wildman–Crippen LogP) is 0.922. The number of ketones is 1. The fourth-order valence-electron chi connectivity index (χ4n) is 7.18. The molecule has 8 nitrogen and oxygen atoms in total. The van der Waals surface area contributed by atoms with Crippen LogP contribution in [0.4, 0.5) is 0 Å². The number of aliphatic hydroxyl groups excluding tert-OH is 2. The molecular formula is C22H29NO7. The van der Waals surface area contributed by atoms with E-state index in [1.54, 1.807) is 0 Å². The van der Waals surface area contributed by atoms with E-state index in [1.807, 2.05) is 6.08 Å². The minimum atomic E-state index is -1.16. The lowest BCUT2D eigenvalue weighted by Crippen LogP contribution is -2.55. The van der Waals surface area contributed by atoms with Crippen molar-refractivity contribution < 1.29 is 34.4 Å². The van der Waals surface area contributed by atoms with E-state index >= 15 is 0 Å². The van der Waals surface area contributed by atoms with E-state index in [1.165, 1.54) is 0 Å². The van der Waals surface area contributed by atoms with Gasteiger partial charge in [0.15, 0.2) is 11.5 Å². The molecule has 0 saturated heterocycles. The molecule has 164 valence electrons. The van der Waals surface area contributed by atoms with Gasteiger partial charge in [-0.2, -0.15) is 4.74 Å². The van der Waals surface area contributed by atoms with Crippen LogP contribution in [0.3, 0.4) is 0 Å². The molecule has 7 atom stereocenters. The van der Waals surface area contributed by atoms with Crippen molar-refractivity contribution in [1.29, 1.82) is 0 Å². The van der Waals surface area contributed by atoms with Gasteiger partial charge in [0, 0.05) is 23.8 Å². The molecule has 0 spiro atoms. The maximum Gasteiger partial charge on any atom is 0.371 e. The van der Waals surface area contributed by atoms with Crippen molar-refractivity contribution in [3.05, 3.63) is 16.9 Å². The molecule has 3 fully saturated rings. The predicted molar refractivity (Wildman–Crippen MR) is 106 cm³/mol. The number of carbonyl (C=O) groups is 3. The van der Waals surface area contributed by atoms with E-state index in [0.29, 0.717) is 29.7 Å². The number of nitrogens with zero attached hydrogens (tertiary/aromatic N) is 1. The third-order valence-electron chi connectivity index (χ3n) is 8.26. The van der Waals surface area contributed by atoms with Crippen molar-refractivity contribution in [1.82, 2.24) is 0 Å². The van der Waals surface area contributed by atoms with Crippen molar-refractivity contribution in [2.24, 2.45) is 35.0 Å². The van der Waals surface area contributed by atoms with Gasteiger partial charge >= 0.3 is 5.97 Å². The topological polar surface area (TPSA) is 138 Å². The number of carboxylic acids is 1. The van der Waals surface area contributed by atoms with Crippen LogP contribution in [0.5, 0.6) is 0 Å². The third kappa shape index (κ3) is 3.21. The summed E-state index contributed by atoms with van der Waals surface area (Å²) in [5, 5.41) is 41.5. The molecule has 8 heteroatoms. The van der Waals surface area contributed by atoms with Crippen molar-refractivity contribution in [2.45, 2.75) is 51.0 Å². The van der Waals surface area contributed by atoms with Gasteiger partial charge in [-0.05, 0) is 62.2 Å². The maximum atomic E-state index is 12.3. The Hall–Kier alpha value is -2.06. The fraction of sp³-hybridized carbons (Fsp3) is 0.727. The number of hydrogen-bond acceptors (Lipinski definition) is 6. The third-order valence-corrected chi connectivity index (χ3v) is 8.26. The van der Waals surface area contributed by atoms with Crippen LogP contribution in [0.15, 0.2) is 11.6 Å². The average Bonchev–Trinajstić information content (AvgIpc) is 3.11. The van der Waals surface area contributed by atoms with Gasteiger partial charge in [-0.15, -0.1) is 0 Å². The molecule has 0 aromatic heterocycles. The largest absolute Gasteiger partial charge is 0.623 e. The Morgan fingerprint density at radius 3 is 2.67 bits per heavy atom. The van der Waals surface area contributed by atoms with Crippen LogP contribution in [-0.4, -0.2) is 63.1 Å². The molecule has 3 saturated carbocycles. The minimum absolute atomic E-state index is 0.0211. The van der Waals surface area contributed by atoms with E-state index in [0.717, 1.165) is 31.1 Å². The number of hydrogen-bond donors (Lipinski definition) is 3. The minimum Gasteiger partial charge on any atom is -0.623 e. The quantitative estimate of drug-likeness (QED) is 0.261. The van der Waals surface area contributed by atoms with Crippen molar-refractivity contribution in [3.8, 4) is 0 Å². The first-order valence-corrected chi connectivity index (χ1v) is 10.8. The van der Waals surface area contributed by atoms with E-state index in [2.05, 4.69) is 0 Å². The second kappa shape index (κ2) is 7.89. The zero-order valence-electron chi connectivity index (χ0n) is 16.9. The van der Waals surface area contributed by atoms with Gasteiger partial charge in [0.25, 0.3) is 0 Å². The summed E-state index contributed by atoms with van der Waals surface area (Å²) in [5.41, 5.74) is 0.674. The summed E-state index contributed by atoms with van der Waals surface area (Å²) in [6.45, 7) is -1.16. The lowest BCUT2D eigenvalue weighted by molar-refractivity contribution is -0.448. The summed E-state index contributed by atoms with van der Waals surface area (Å²) >= 11 is 0. The Balaban J connectivity index is 1.63. The molecule has 0 aromatic carbocycles. The fourth-order valence-corrected chi connectivity index (χ4v) is 7.18. The summed E-state index contributed by atoms with van der Waals surface area (Å²) in [7, 11) is 0. The van der Waals surface area contributed by atoms with Crippen LogP contribution < -0.4 is 0 Å². The summed E-state index contributed by atoms with van der Waals surface area (Å²) < 4.78 is 0.536. The zero-order chi connectivity index (χ0) is 21.6. The summed E-state index contributed by atoms with van der Waals surface area (Å²) in [6, 6.07) is 0. The van der Waals surface area contributed by atoms with Gasteiger partial charge in [-0.3, -0.25) is 4.79 Å². The first-order chi connectivity index (χ1) is 14.3. The van der Waals surface area contributed by atoms with Gasteiger partial charge < -0.3 is 25.3 Å². The number of aldehydes is 1. The Bertz CT molecular complexity index is 818. The molecular weight excluding hydrogens is 390 g/mol. The molecule has 4 aliphatic rings. The van der Waals surface area contributed by atoms with Gasteiger partial charge in [0.2, 0.25) is 6.54 Å². The molecule has 0 amide bonds. The second-order valence-corrected chi connectivity index (χ2v) is 9.43. The first kappa shape index (κ1) is 21.2. The number of Topliss-reactive ketones (excluding diaryl/α,β-unsaturated/α-hetero) is 1. The molecule has 0 aliphatic heterocycles. The Morgan fingerprint density at radius 2 is 2.00 bits per heavy atom. The monoisotopic (exact) mass is 419 g/mol. The van der Waals surface area contributed by atoms with Crippen LogP contribution in [0, 0.1) is 40.2 Å². The van der Waals surface area contributed by atoms with E-state index in [-0.39, 0.29) is 35.9 Å². The summed E-state index contributed by atoms with van der Waals surface area (Å²) in [6.07, 6.45) is 6.20. The highest BCUT2D eigenvalue weighted by molar-refractivity contribution is 5.93. The molecule has 0 unspecified atom stereocenters. The van der Waals surface area contributed by atoms with Crippen molar-refractivity contribution >= 4 is 23.8 Å². The first-order valence-electron chi connectivity index (χ1n) is 10.8. The molecule has 3 N–H and O–H groups in total. The Morgan fingerprint density at radius 1 is 1.23 bits per heavy atom. The van der Waals surface area contributed by atoms with Crippen LogP contribution in [0.1, 0.15) is 44.9 Å². The standard InChI is InChI=1S/C22H29NO7/c24-10-19(27)17-6-5-16-15-3-1-12-7-13(23(30)9-20(28)29)2-4-14(12)21(15)18(26)8-22(16,17)11-25/h7,11,14-18,21,24,26H,1-6,8-10H2,(H,28,29)/b23-13+/t14-,15-,16-,17+,18-,21+,22+/m0/s1. The summed E-state index contributed by atoms with van der Waals surface area (Å²) in [5.74, 6) is -1.75. The number of aliphatic hydroxyl groups is 2. The molecule has 4 rings (SSSR count). The Labute approximate surface area is 174 Å². The normalized spacial score (nSPS) is 41.7. The van der Waals surface area contributed by atoms with Crippen LogP contribution in [0.2, 0.25) is 0 Å². The SMILES string of the molecule is O=C[C@]12C[C@H](O)[C@H]3[C@@H](CCC4=C/C(=[N+](/[O-])CC(=O)O)CC[C@@H]43)[C@@H]1CC[C@@H]2C(=O)CO. The van der Waals surface area contributed by atoms with Gasteiger partial charge in [-0.25, -0.2) is 4.79 Å². The molecule has 0 heterocycles. The van der Waals surface area contributed by atoms with Crippen molar-refractivity contribution in [2.75, 3.05) is 13.2 Å². The van der Waals surface area contributed by atoms with Crippen molar-refractivity contribution in [3.63, 3.8) is 0 Å². The number of rotatable bonds is 5. The number of fused-ring (bicyclic) bond motifs is 5.